The van der Waals surface area contributed by atoms with Crippen molar-refractivity contribution in [2.75, 3.05) is 31.6 Å². The first-order valence-electron chi connectivity index (χ1n) is 8.94. The van der Waals surface area contributed by atoms with Crippen molar-refractivity contribution in [1.82, 2.24) is 5.32 Å². The van der Waals surface area contributed by atoms with Crippen molar-refractivity contribution in [3.63, 3.8) is 0 Å². The van der Waals surface area contributed by atoms with Crippen LogP contribution in [-0.4, -0.2) is 37.5 Å². The number of morpholine rings is 1. The maximum absolute atomic E-state index is 5.94. The van der Waals surface area contributed by atoms with E-state index in [4.69, 9.17) is 28.6 Å². The maximum atomic E-state index is 5.94. The van der Waals surface area contributed by atoms with Crippen molar-refractivity contribution in [2.24, 2.45) is 0 Å². The molecule has 3 N–H and O–H groups in total. The topological polar surface area (TPSA) is 37.7 Å². The highest BCUT2D eigenvalue weighted by Crippen LogP contribution is 2.16. The van der Waals surface area contributed by atoms with E-state index < -0.39 is 0 Å². The molecule has 0 bridgehead atoms. The molecule has 26 heavy (non-hydrogen) atoms. The number of rotatable bonds is 5. The second-order valence-corrected chi connectivity index (χ2v) is 7.40. The van der Waals surface area contributed by atoms with Crippen LogP contribution in [0.15, 0.2) is 54.6 Å². The summed E-state index contributed by atoms with van der Waals surface area (Å²) in [5, 5.41) is 8.03. The second kappa shape index (κ2) is 9.33. The number of anilines is 1. The van der Waals surface area contributed by atoms with Crippen LogP contribution in [0, 0.1) is 0 Å². The average molecular weight is 391 g/mol. The fourth-order valence-corrected chi connectivity index (χ4v) is 3.90. The van der Waals surface area contributed by atoms with E-state index in [1.165, 1.54) is 10.5 Å². The van der Waals surface area contributed by atoms with Crippen LogP contribution in [0.3, 0.4) is 0 Å². The van der Waals surface area contributed by atoms with Gasteiger partial charge in [-0.25, -0.2) is 0 Å². The Balaban J connectivity index is 1.69. The Morgan fingerprint density at radius 1 is 1.08 bits per heavy atom. The van der Waals surface area contributed by atoms with Crippen LogP contribution in [0.5, 0.6) is 0 Å². The summed E-state index contributed by atoms with van der Waals surface area (Å²) < 4.78 is 5.55. The normalized spacial score (nSPS) is 17.3. The first kappa shape index (κ1) is 19.1. The van der Waals surface area contributed by atoms with Gasteiger partial charge in [-0.2, -0.15) is 0 Å². The lowest BCUT2D eigenvalue weighted by molar-refractivity contribution is -0.940. The highest BCUT2D eigenvalue weighted by atomic mass is 35.5. The molecule has 1 saturated heterocycles. The van der Waals surface area contributed by atoms with E-state index >= 15 is 0 Å². The largest absolute Gasteiger partial charge is 0.370 e. The molecule has 1 fully saturated rings. The molecule has 1 heterocycles. The van der Waals surface area contributed by atoms with E-state index in [1.54, 1.807) is 0 Å². The predicted molar refractivity (Wildman–Crippen MR) is 111 cm³/mol. The first-order valence-corrected chi connectivity index (χ1v) is 9.72. The third-order valence-electron chi connectivity index (χ3n) is 4.69. The molecule has 6 heteroatoms. The van der Waals surface area contributed by atoms with Crippen LogP contribution < -0.4 is 15.5 Å². The number of quaternary nitrogens is 1. The number of hydrogen-bond donors (Lipinski definition) is 3. The Labute approximate surface area is 165 Å². The van der Waals surface area contributed by atoms with Crippen LogP contribution in [0.25, 0.3) is 0 Å². The molecule has 0 saturated carbocycles. The molecule has 2 aromatic rings. The summed E-state index contributed by atoms with van der Waals surface area (Å²) in [4.78, 5) is 1.52. The van der Waals surface area contributed by atoms with Gasteiger partial charge < -0.3 is 20.3 Å². The Morgan fingerprint density at radius 2 is 1.73 bits per heavy atom. The summed E-state index contributed by atoms with van der Waals surface area (Å²) in [6, 6.07) is 18.7. The summed E-state index contributed by atoms with van der Waals surface area (Å²) in [6.45, 7) is 5.81. The molecular formula is C20H25ClN3OS+. The number of ether oxygens (including phenoxy) is 1. The molecule has 1 aliphatic rings. The summed E-state index contributed by atoms with van der Waals surface area (Å²) in [5.41, 5.74) is 2.24. The molecular weight excluding hydrogens is 366 g/mol. The third-order valence-corrected chi connectivity index (χ3v) is 5.17. The molecule has 0 amide bonds. The number of nitrogens with one attached hydrogen (secondary N) is 3. The van der Waals surface area contributed by atoms with Gasteiger partial charge in [-0.3, -0.25) is 0 Å². The van der Waals surface area contributed by atoms with Crippen molar-refractivity contribution in [3.8, 4) is 0 Å². The first-order chi connectivity index (χ1) is 12.6. The van der Waals surface area contributed by atoms with Crippen LogP contribution in [0.4, 0.5) is 5.69 Å². The third kappa shape index (κ3) is 5.17. The number of thiocarbonyl (C=S) groups is 1. The lowest BCUT2D eigenvalue weighted by Gasteiger charge is -2.35. The average Bonchev–Trinajstić information content (AvgIpc) is 2.65. The predicted octanol–water partition coefficient (Wildman–Crippen LogP) is 2.67. The summed E-state index contributed by atoms with van der Waals surface area (Å²) in [7, 11) is 0. The van der Waals surface area contributed by atoms with Gasteiger partial charge in [0, 0.05) is 16.3 Å². The monoisotopic (exact) mass is 390 g/mol. The minimum atomic E-state index is 0.179. The van der Waals surface area contributed by atoms with Gasteiger partial charge in [0.25, 0.3) is 0 Å². The second-order valence-electron chi connectivity index (χ2n) is 6.55. The molecule has 0 radical (unpaired) electrons. The molecule has 3 rings (SSSR count). The maximum Gasteiger partial charge on any atom is 0.171 e. The van der Waals surface area contributed by atoms with Gasteiger partial charge in [-0.05, 0) is 43.4 Å². The smallest absolute Gasteiger partial charge is 0.171 e. The quantitative estimate of drug-likeness (QED) is 0.686. The Bertz CT molecular complexity index is 705. The molecule has 1 aliphatic heterocycles. The number of halogens is 1. The van der Waals surface area contributed by atoms with E-state index in [-0.39, 0.29) is 6.04 Å². The highest BCUT2D eigenvalue weighted by Gasteiger charge is 2.31. The lowest BCUT2D eigenvalue weighted by Crippen LogP contribution is -3.15. The SMILES string of the molecule is C[C@H](NC(=S)Nc1ccc(Cl)cc1)[C@@H](c1ccccc1)[NH+]1CCOCC1. The van der Waals surface area contributed by atoms with Gasteiger partial charge in [0.15, 0.2) is 5.11 Å². The van der Waals surface area contributed by atoms with E-state index in [0.717, 1.165) is 32.0 Å². The molecule has 0 aliphatic carbocycles. The van der Waals surface area contributed by atoms with Gasteiger partial charge in [0.1, 0.15) is 19.1 Å². The Hall–Kier alpha value is -1.66. The molecule has 138 valence electrons. The molecule has 0 spiro atoms. The zero-order valence-corrected chi connectivity index (χ0v) is 16.4. The van der Waals surface area contributed by atoms with Gasteiger partial charge >= 0.3 is 0 Å². The van der Waals surface area contributed by atoms with Crippen molar-refractivity contribution in [1.29, 1.82) is 0 Å². The van der Waals surface area contributed by atoms with Gasteiger partial charge in [0.05, 0.1) is 19.3 Å². The molecule has 4 nitrogen and oxygen atoms in total. The van der Waals surface area contributed by atoms with Gasteiger partial charge in [0.2, 0.25) is 0 Å². The number of hydrogen-bond acceptors (Lipinski definition) is 2. The van der Waals surface area contributed by atoms with Crippen LogP contribution in [0.2, 0.25) is 5.02 Å². The molecule has 2 aromatic carbocycles. The van der Waals surface area contributed by atoms with Gasteiger partial charge in [-0.15, -0.1) is 0 Å². The van der Waals surface area contributed by atoms with Gasteiger partial charge in [-0.1, -0.05) is 41.9 Å². The fourth-order valence-electron chi connectivity index (χ4n) is 3.47. The minimum Gasteiger partial charge on any atom is -0.370 e. The van der Waals surface area contributed by atoms with Crippen LogP contribution in [0.1, 0.15) is 18.5 Å². The fraction of sp³-hybridized carbons (Fsp3) is 0.350. The lowest BCUT2D eigenvalue weighted by atomic mass is 9.98. The zero-order chi connectivity index (χ0) is 18.4. The van der Waals surface area contributed by atoms with Crippen molar-refractivity contribution in [2.45, 2.75) is 19.0 Å². The van der Waals surface area contributed by atoms with Crippen molar-refractivity contribution in [3.05, 3.63) is 65.2 Å². The number of benzene rings is 2. The van der Waals surface area contributed by atoms with E-state index in [9.17, 15) is 0 Å². The highest BCUT2D eigenvalue weighted by molar-refractivity contribution is 7.80. The summed E-state index contributed by atoms with van der Waals surface area (Å²) in [5.74, 6) is 0. The summed E-state index contributed by atoms with van der Waals surface area (Å²) in [6.07, 6.45) is 0. The summed E-state index contributed by atoms with van der Waals surface area (Å²) >= 11 is 11.5. The zero-order valence-electron chi connectivity index (χ0n) is 14.9. The van der Waals surface area contributed by atoms with Crippen molar-refractivity contribution >= 4 is 34.6 Å². The van der Waals surface area contributed by atoms with E-state index in [0.29, 0.717) is 16.2 Å². The molecule has 0 aromatic heterocycles. The van der Waals surface area contributed by atoms with E-state index in [2.05, 4.69) is 47.9 Å². The molecule has 2 atom stereocenters. The Morgan fingerprint density at radius 3 is 2.38 bits per heavy atom. The van der Waals surface area contributed by atoms with Crippen LogP contribution >= 0.6 is 23.8 Å². The van der Waals surface area contributed by atoms with E-state index in [1.807, 2.05) is 24.3 Å². The van der Waals surface area contributed by atoms with Crippen molar-refractivity contribution < 1.29 is 9.64 Å². The molecule has 0 unspecified atom stereocenters. The standard InChI is InChI=1S/C20H24ClN3OS/c1-15(22-20(26)23-18-9-7-17(21)8-10-18)19(16-5-3-2-4-6-16)24-11-13-25-14-12-24/h2-10,15,19H,11-14H2,1H3,(H2,22,23,26)/p+1/t15-,19-/m0/s1. The Kier molecular flexibility index (Phi) is 6.86. The minimum absolute atomic E-state index is 0.179. The van der Waals surface area contributed by atoms with Crippen LogP contribution in [-0.2, 0) is 4.74 Å².